The second-order valence-corrected chi connectivity index (χ2v) is 3.14. The molecule has 4 heteroatoms. The maximum atomic E-state index is 10.5. The van der Waals surface area contributed by atoms with Crippen LogP contribution in [0.2, 0.25) is 0 Å². The van der Waals surface area contributed by atoms with Crippen molar-refractivity contribution in [1.82, 2.24) is 0 Å². The summed E-state index contributed by atoms with van der Waals surface area (Å²) in [4.78, 5) is 10.5. The molecule has 0 spiro atoms. The van der Waals surface area contributed by atoms with Crippen molar-refractivity contribution in [2.45, 2.75) is 18.8 Å². The molecule has 1 unspecified atom stereocenters. The van der Waals surface area contributed by atoms with Gasteiger partial charge < -0.3 is 4.74 Å². The molecular formula is C6H11BrO2S. The second kappa shape index (κ2) is 6.19. The minimum atomic E-state index is -0.543. The summed E-state index contributed by atoms with van der Waals surface area (Å²) in [5.41, 5.74) is -0.543. The molecule has 0 fully saturated rings. The Bertz CT molecular complexity index is 108. The van der Waals surface area contributed by atoms with Gasteiger partial charge in [-0.15, -0.1) is 12.6 Å². The van der Waals surface area contributed by atoms with Crippen LogP contribution in [0, 0.1) is 0 Å². The quantitative estimate of drug-likeness (QED) is 0.334. The van der Waals surface area contributed by atoms with E-state index in [0.29, 0.717) is 6.61 Å². The maximum Gasteiger partial charge on any atom is 0.168 e. The summed E-state index contributed by atoms with van der Waals surface area (Å²) < 4.78 is 5.03. The van der Waals surface area contributed by atoms with Gasteiger partial charge in [-0.3, -0.25) is 4.79 Å². The fourth-order valence-corrected chi connectivity index (χ4v) is 0.701. The molecule has 0 saturated carbocycles. The van der Waals surface area contributed by atoms with E-state index in [1.807, 2.05) is 0 Å². The number of Topliss-reactive ketones (excluding diaryl/α,β-unsaturated/α-hetero) is 1. The Morgan fingerprint density at radius 2 is 2.40 bits per heavy atom. The summed E-state index contributed by atoms with van der Waals surface area (Å²) in [6.07, 6.45) is 0.907. The van der Waals surface area contributed by atoms with Gasteiger partial charge in [0.1, 0.15) is 0 Å². The predicted molar refractivity (Wildman–Crippen MR) is 47.8 cm³/mol. The van der Waals surface area contributed by atoms with Crippen molar-refractivity contribution in [2.75, 3.05) is 11.9 Å². The van der Waals surface area contributed by atoms with Gasteiger partial charge in [-0.2, -0.15) is 0 Å². The highest BCUT2D eigenvalue weighted by Crippen LogP contribution is 2.00. The topological polar surface area (TPSA) is 26.3 Å². The van der Waals surface area contributed by atoms with E-state index < -0.39 is 5.44 Å². The van der Waals surface area contributed by atoms with E-state index in [0.717, 1.165) is 11.8 Å². The first-order chi connectivity index (χ1) is 4.68. The number of hydrogen-bond donors (Lipinski definition) is 1. The fraction of sp³-hybridized carbons (Fsp3) is 0.833. The minimum absolute atomic E-state index is 0.0436. The lowest BCUT2D eigenvalue weighted by atomic mass is 10.5. The van der Waals surface area contributed by atoms with Crippen molar-refractivity contribution in [3.8, 4) is 0 Å². The van der Waals surface area contributed by atoms with Crippen molar-refractivity contribution in [1.29, 1.82) is 0 Å². The molecule has 0 aliphatic carbocycles. The largest absolute Gasteiger partial charge is 0.360 e. The van der Waals surface area contributed by atoms with Crippen LogP contribution >= 0.6 is 28.6 Å². The molecule has 0 aromatic heterocycles. The third-order valence-electron chi connectivity index (χ3n) is 0.901. The Morgan fingerprint density at radius 1 is 1.80 bits per heavy atom. The van der Waals surface area contributed by atoms with E-state index in [1.165, 1.54) is 6.92 Å². The molecule has 0 amide bonds. The summed E-state index contributed by atoms with van der Waals surface area (Å²) in [5.74, 6) is -0.0436. The van der Waals surface area contributed by atoms with Gasteiger partial charge in [-0.1, -0.05) is 15.9 Å². The van der Waals surface area contributed by atoms with Gasteiger partial charge in [0.05, 0.1) is 0 Å². The Morgan fingerprint density at radius 3 is 2.80 bits per heavy atom. The lowest BCUT2D eigenvalue weighted by molar-refractivity contribution is -0.123. The Labute approximate surface area is 74.9 Å². The molecule has 0 rings (SSSR count). The number of alkyl halides is 1. The molecule has 0 aliphatic heterocycles. The molecular weight excluding hydrogens is 216 g/mol. The molecule has 60 valence electrons. The van der Waals surface area contributed by atoms with Crippen LogP contribution in [0.4, 0.5) is 0 Å². The number of hydrogen-bond acceptors (Lipinski definition) is 3. The van der Waals surface area contributed by atoms with E-state index in [1.54, 1.807) is 0 Å². The van der Waals surface area contributed by atoms with Crippen molar-refractivity contribution < 1.29 is 9.53 Å². The van der Waals surface area contributed by atoms with Crippen LogP contribution in [-0.4, -0.2) is 23.2 Å². The van der Waals surface area contributed by atoms with Crippen molar-refractivity contribution in [3.63, 3.8) is 0 Å². The standard InChI is InChI=1S/C6H11BrO2S/c1-5(8)6(10)9-4-2-3-7/h6,10H,2-4H2,1H3. The van der Waals surface area contributed by atoms with Gasteiger partial charge in [0.25, 0.3) is 0 Å². The smallest absolute Gasteiger partial charge is 0.168 e. The molecule has 10 heavy (non-hydrogen) atoms. The molecule has 0 bridgehead atoms. The number of thiol groups is 1. The number of carbonyl (C=O) groups is 1. The monoisotopic (exact) mass is 226 g/mol. The molecule has 2 nitrogen and oxygen atoms in total. The normalized spacial score (nSPS) is 13.1. The Kier molecular flexibility index (Phi) is 6.47. The number of ketones is 1. The Hall–Kier alpha value is 0.460. The van der Waals surface area contributed by atoms with E-state index in [2.05, 4.69) is 28.6 Å². The first-order valence-corrected chi connectivity index (χ1v) is 4.68. The first kappa shape index (κ1) is 10.5. The number of halogens is 1. The maximum absolute atomic E-state index is 10.5. The zero-order chi connectivity index (χ0) is 7.98. The number of carbonyl (C=O) groups excluding carboxylic acids is 1. The molecule has 0 aliphatic rings. The lowest BCUT2D eigenvalue weighted by Crippen LogP contribution is -2.15. The summed E-state index contributed by atoms with van der Waals surface area (Å²) in [5, 5.41) is 0.894. The van der Waals surface area contributed by atoms with Crippen LogP contribution in [0.5, 0.6) is 0 Å². The van der Waals surface area contributed by atoms with Crippen LogP contribution in [-0.2, 0) is 9.53 Å². The van der Waals surface area contributed by atoms with Crippen molar-refractivity contribution >= 4 is 34.3 Å². The van der Waals surface area contributed by atoms with E-state index >= 15 is 0 Å². The first-order valence-electron chi connectivity index (χ1n) is 3.04. The zero-order valence-corrected chi connectivity index (χ0v) is 8.32. The second-order valence-electron chi connectivity index (χ2n) is 1.88. The molecule has 0 saturated heterocycles. The summed E-state index contributed by atoms with van der Waals surface area (Å²) in [6, 6.07) is 0. The van der Waals surface area contributed by atoms with Gasteiger partial charge in [-0.05, 0) is 13.3 Å². The highest BCUT2D eigenvalue weighted by atomic mass is 79.9. The van der Waals surface area contributed by atoms with E-state index in [-0.39, 0.29) is 5.78 Å². The molecule has 0 heterocycles. The van der Waals surface area contributed by atoms with Crippen molar-refractivity contribution in [2.24, 2.45) is 0 Å². The summed E-state index contributed by atoms with van der Waals surface area (Å²) in [6.45, 7) is 2.05. The van der Waals surface area contributed by atoms with Gasteiger partial charge >= 0.3 is 0 Å². The third kappa shape index (κ3) is 5.26. The van der Waals surface area contributed by atoms with E-state index in [9.17, 15) is 4.79 Å². The van der Waals surface area contributed by atoms with Crippen LogP contribution < -0.4 is 0 Å². The van der Waals surface area contributed by atoms with Crippen LogP contribution in [0.25, 0.3) is 0 Å². The minimum Gasteiger partial charge on any atom is -0.360 e. The average Bonchev–Trinajstić information content (AvgIpc) is 1.88. The van der Waals surface area contributed by atoms with Crippen LogP contribution in [0.3, 0.4) is 0 Å². The van der Waals surface area contributed by atoms with E-state index in [4.69, 9.17) is 4.74 Å². The Balaban J connectivity index is 3.21. The van der Waals surface area contributed by atoms with Crippen LogP contribution in [0.1, 0.15) is 13.3 Å². The summed E-state index contributed by atoms with van der Waals surface area (Å²) >= 11 is 7.16. The van der Waals surface area contributed by atoms with Crippen molar-refractivity contribution in [3.05, 3.63) is 0 Å². The molecule has 0 radical (unpaired) electrons. The highest BCUT2D eigenvalue weighted by Gasteiger charge is 2.06. The molecule has 1 atom stereocenters. The van der Waals surface area contributed by atoms with Gasteiger partial charge in [0.15, 0.2) is 11.2 Å². The zero-order valence-electron chi connectivity index (χ0n) is 5.84. The number of rotatable bonds is 5. The lowest BCUT2D eigenvalue weighted by Gasteiger charge is -2.06. The highest BCUT2D eigenvalue weighted by molar-refractivity contribution is 9.09. The van der Waals surface area contributed by atoms with Crippen LogP contribution in [0.15, 0.2) is 0 Å². The third-order valence-corrected chi connectivity index (χ3v) is 1.97. The average molecular weight is 227 g/mol. The SMILES string of the molecule is CC(=O)C(S)OCCCBr. The van der Waals surface area contributed by atoms with Gasteiger partial charge in [0.2, 0.25) is 0 Å². The fourth-order valence-electron chi connectivity index (χ4n) is 0.367. The number of ether oxygens (including phenoxy) is 1. The molecule has 0 aromatic carbocycles. The summed E-state index contributed by atoms with van der Waals surface area (Å²) in [7, 11) is 0. The van der Waals surface area contributed by atoms with Gasteiger partial charge in [0, 0.05) is 11.9 Å². The predicted octanol–water partition coefficient (Wildman–Crippen LogP) is 1.63. The molecule has 0 N–H and O–H groups in total. The van der Waals surface area contributed by atoms with Gasteiger partial charge in [-0.25, -0.2) is 0 Å². The molecule has 0 aromatic rings.